The molecule has 1 saturated heterocycles. The number of amides is 1. The van der Waals surface area contributed by atoms with Crippen molar-refractivity contribution in [3.05, 3.63) is 52.5 Å². The van der Waals surface area contributed by atoms with E-state index < -0.39 is 0 Å². The van der Waals surface area contributed by atoms with Gasteiger partial charge in [-0.05, 0) is 18.9 Å². The molecule has 0 radical (unpaired) electrons. The van der Waals surface area contributed by atoms with E-state index in [4.69, 9.17) is 0 Å². The predicted molar refractivity (Wildman–Crippen MR) is 78.1 cm³/mol. The van der Waals surface area contributed by atoms with Crippen molar-refractivity contribution in [3.8, 4) is 0 Å². The number of nitrogens with one attached hydrogen (secondary N) is 1. The Morgan fingerprint density at radius 3 is 3.00 bits per heavy atom. The van der Waals surface area contributed by atoms with Gasteiger partial charge in [0.15, 0.2) is 0 Å². The first kappa shape index (κ1) is 13.6. The van der Waals surface area contributed by atoms with E-state index in [1.54, 1.807) is 25.5 Å². The number of rotatable bonds is 2. The SMILES string of the molecule is Cn1cc(C(=O)N2CCC[C@@H](c3ncc[nH]3)C2)ccc1=O. The molecule has 2 aromatic rings. The van der Waals surface area contributed by atoms with Crippen molar-refractivity contribution in [2.24, 2.45) is 7.05 Å². The summed E-state index contributed by atoms with van der Waals surface area (Å²) in [4.78, 5) is 33.2. The predicted octanol–water partition coefficient (Wildman–Crippen LogP) is 1.13. The van der Waals surface area contributed by atoms with E-state index in [9.17, 15) is 9.59 Å². The van der Waals surface area contributed by atoms with Crippen molar-refractivity contribution < 1.29 is 4.79 Å². The van der Waals surface area contributed by atoms with Gasteiger partial charge >= 0.3 is 0 Å². The maximum absolute atomic E-state index is 12.6. The van der Waals surface area contributed by atoms with Crippen LogP contribution in [0.15, 0.2) is 35.5 Å². The third-order valence-electron chi connectivity index (χ3n) is 3.95. The van der Waals surface area contributed by atoms with Gasteiger partial charge in [0.1, 0.15) is 5.82 Å². The van der Waals surface area contributed by atoms with Gasteiger partial charge in [0.2, 0.25) is 5.56 Å². The number of aromatic amines is 1. The standard InChI is InChI=1S/C15H18N4O2/c1-18-9-12(4-5-13(18)20)15(21)19-8-2-3-11(10-19)14-16-6-7-17-14/h4-7,9,11H,2-3,8,10H2,1H3,(H,16,17)/t11-/m1/s1. The Kier molecular flexibility index (Phi) is 3.60. The quantitative estimate of drug-likeness (QED) is 0.899. The van der Waals surface area contributed by atoms with E-state index in [0.717, 1.165) is 25.2 Å². The van der Waals surface area contributed by atoms with Crippen LogP contribution in [0.5, 0.6) is 0 Å². The van der Waals surface area contributed by atoms with Gasteiger partial charge in [-0.15, -0.1) is 0 Å². The van der Waals surface area contributed by atoms with Crippen molar-refractivity contribution >= 4 is 5.91 Å². The van der Waals surface area contributed by atoms with Crippen molar-refractivity contribution in [2.75, 3.05) is 13.1 Å². The Morgan fingerprint density at radius 1 is 1.43 bits per heavy atom. The van der Waals surface area contributed by atoms with E-state index in [-0.39, 0.29) is 17.4 Å². The van der Waals surface area contributed by atoms with E-state index in [2.05, 4.69) is 9.97 Å². The van der Waals surface area contributed by atoms with Crippen LogP contribution in [-0.2, 0) is 7.05 Å². The number of hydrogen-bond acceptors (Lipinski definition) is 3. The van der Waals surface area contributed by atoms with Crippen LogP contribution < -0.4 is 5.56 Å². The van der Waals surface area contributed by atoms with Crippen LogP contribution in [0.25, 0.3) is 0 Å². The summed E-state index contributed by atoms with van der Waals surface area (Å²) >= 11 is 0. The number of carbonyl (C=O) groups excluding carboxylic acids is 1. The molecule has 1 N–H and O–H groups in total. The first-order chi connectivity index (χ1) is 10.1. The molecule has 1 amide bonds. The maximum atomic E-state index is 12.6. The van der Waals surface area contributed by atoms with Gasteiger partial charge in [-0.1, -0.05) is 0 Å². The number of pyridine rings is 1. The Bertz CT molecular complexity index is 690. The summed E-state index contributed by atoms with van der Waals surface area (Å²) in [5.41, 5.74) is 0.441. The fourth-order valence-electron chi connectivity index (χ4n) is 2.79. The maximum Gasteiger partial charge on any atom is 0.255 e. The van der Waals surface area contributed by atoms with Crippen LogP contribution in [0.1, 0.15) is 34.9 Å². The van der Waals surface area contributed by atoms with Crippen LogP contribution in [0.4, 0.5) is 0 Å². The van der Waals surface area contributed by atoms with Crippen LogP contribution in [0, 0.1) is 0 Å². The zero-order valence-corrected chi connectivity index (χ0v) is 12.0. The second-order valence-corrected chi connectivity index (χ2v) is 5.43. The molecule has 6 nitrogen and oxygen atoms in total. The number of nitrogens with zero attached hydrogens (tertiary/aromatic N) is 3. The molecular formula is C15H18N4O2. The Morgan fingerprint density at radius 2 is 2.29 bits per heavy atom. The zero-order chi connectivity index (χ0) is 14.8. The third-order valence-corrected chi connectivity index (χ3v) is 3.95. The van der Waals surface area contributed by atoms with Crippen molar-refractivity contribution in [1.82, 2.24) is 19.4 Å². The fraction of sp³-hybridized carbons (Fsp3) is 0.400. The summed E-state index contributed by atoms with van der Waals surface area (Å²) in [5, 5.41) is 0. The highest BCUT2D eigenvalue weighted by atomic mass is 16.2. The number of aryl methyl sites for hydroxylation is 1. The topological polar surface area (TPSA) is 71.0 Å². The van der Waals surface area contributed by atoms with Crippen molar-refractivity contribution in [1.29, 1.82) is 0 Å². The Hall–Kier alpha value is -2.37. The molecule has 21 heavy (non-hydrogen) atoms. The highest BCUT2D eigenvalue weighted by Crippen LogP contribution is 2.25. The highest BCUT2D eigenvalue weighted by Gasteiger charge is 2.26. The largest absolute Gasteiger partial charge is 0.348 e. The summed E-state index contributed by atoms with van der Waals surface area (Å²) in [5.74, 6) is 1.17. The molecule has 0 aromatic carbocycles. The number of carbonyl (C=O) groups is 1. The summed E-state index contributed by atoms with van der Waals surface area (Å²) < 4.78 is 1.43. The molecule has 0 unspecified atom stereocenters. The van der Waals surface area contributed by atoms with Crippen LogP contribution in [-0.4, -0.2) is 38.4 Å². The van der Waals surface area contributed by atoms with Gasteiger partial charge in [0.25, 0.3) is 5.91 Å². The van der Waals surface area contributed by atoms with E-state index >= 15 is 0 Å². The molecule has 3 heterocycles. The molecule has 0 saturated carbocycles. The van der Waals surface area contributed by atoms with Gasteiger partial charge < -0.3 is 14.5 Å². The fourth-order valence-corrected chi connectivity index (χ4v) is 2.79. The molecule has 3 rings (SSSR count). The average Bonchev–Trinajstić information content (AvgIpc) is 3.04. The van der Waals surface area contributed by atoms with Crippen LogP contribution in [0.3, 0.4) is 0 Å². The Labute approximate surface area is 122 Å². The molecule has 6 heteroatoms. The minimum absolute atomic E-state index is 0.0261. The lowest BCUT2D eigenvalue weighted by atomic mass is 9.97. The summed E-state index contributed by atoms with van der Waals surface area (Å²) in [6, 6.07) is 3.03. The molecule has 1 atom stereocenters. The average molecular weight is 286 g/mol. The van der Waals surface area contributed by atoms with E-state index in [0.29, 0.717) is 12.1 Å². The number of likely N-dealkylation sites (tertiary alicyclic amines) is 1. The number of piperidine rings is 1. The van der Waals surface area contributed by atoms with Gasteiger partial charge in [-0.3, -0.25) is 9.59 Å². The number of imidazole rings is 1. The molecule has 2 aromatic heterocycles. The lowest BCUT2D eigenvalue weighted by Gasteiger charge is -2.32. The lowest BCUT2D eigenvalue weighted by molar-refractivity contribution is 0.0704. The lowest BCUT2D eigenvalue weighted by Crippen LogP contribution is -2.39. The van der Waals surface area contributed by atoms with Crippen molar-refractivity contribution in [3.63, 3.8) is 0 Å². The van der Waals surface area contributed by atoms with Crippen LogP contribution >= 0.6 is 0 Å². The molecule has 1 fully saturated rings. The molecule has 1 aliphatic rings. The highest BCUT2D eigenvalue weighted by molar-refractivity contribution is 5.94. The minimum Gasteiger partial charge on any atom is -0.348 e. The molecule has 110 valence electrons. The van der Waals surface area contributed by atoms with Gasteiger partial charge in [-0.25, -0.2) is 4.98 Å². The van der Waals surface area contributed by atoms with Gasteiger partial charge in [0.05, 0.1) is 5.56 Å². The number of hydrogen-bond donors (Lipinski definition) is 1. The van der Waals surface area contributed by atoms with Crippen molar-refractivity contribution in [2.45, 2.75) is 18.8 Å². The third kappa shape index (κ3) is 2.74. The van der Waals surface area contributed by atoms with E-state index in [1.165, 1.54) is 10.6 Å². The zero-order valence-electron chi connectivity index (χ0n) is 12.0. The van der Waals surface area contributed by atoms with Gasteiger partial charge in [-0.2, -0.15) is 0 Å². The monoisotopic (exact) mass is 286 g/mol. The molecule has 1 aliphatic heterocycles. The summed E-state index contributed by atoms with van der Waals surface area (Å²) in [6.07, 6.45) is 7.14. The first-order valence-electron chi connectivity index (χ1n) is 7.10. The second kappa shape index (κ2) is 5.55. The van der Waals surface area contributed by atoms with Gasteiger partial charge in [0, 0.05) is 50.7 Å². The Balaban J connectivity index is 1.78. The molecule has 0 aliphatic carbocycles. The number of H-pyrrole nitrogens is 1. The first-order valence-corrected chi connectivity index (χ1v) is 7.10. The van der Waals surface area contributed by atoms with E-state index in [1.807, 2.05) is 11.1 Å². The summed E-state index contributed by atoms with van der Waals surface area (Å²) in [6.45, 7) is 1.41. The molecular weight excluding hydrogens is 268 g/mol. The molecule has 0 spiro atoms. The smallest absolute Gasteiger partial charge is 0.255 e. The minimum atomic E-state index is -0.112. The summed E-state index contributed by atoms with van der Waals surface area (Å²) in [7, 11) is 1.65. The normalized spacial score (nSPS) is 18.7. The van der Waals surface area contributed by atoms with Crippen LogP contribution in [0.2, 0.25) is 0 Å². The molecule has 0 bridgehead atoms. The number of aromatic nitrogens is 3. The second-order valence-electron chi connectivity index (χ2n) is 5.43.